The number of hydrogen-bond donors (Lipinski definition) is 1. The molecule has 0 aliphatic rings. The highest BCUT2D eigenvalue weighted by Crippen LogP contribution is 2.01. The van der Waals surface area contributed by atoms with Crippen LogP contribution >= 0.6 is 0 Å². The van der Waals surface area contributed by atoms with E-state index in [0.29, 0.717) is 0 Å². The summed E-state index contributed by atoms with van der Waals surface area (Å²) in [5.74, 6) is -0.0505. The lowest BCUT2D eigenvalue weighted by Crippen LogP contribution is -2.30. The van der Waals surface area contributed by atoms with E-state index in [9.17, 15) is 4.79 Å². The fourth-order valence-electron chi connectivity index (χ4n) is 1.47. The molecule has 0 aliphatic heterocycles. The van der Waals surface area contributed by atoms with Crippen LogP contribution in [0.2, 0.25) is 0 Å². The van der Waals surface area contributed by atoms with Crippen molar-refractivity contribution >= 4 is 12.0 Å². The molecule has 0 fully saturated rings. The van der Waals surface area contributed by atoms with Crippen molar-refractivity contribution < 1.29 is 4.79 Å². The van der Waals surface area contributed by atoms with Gasteiger partial charge in [0.15, 0.2) is 0 Å². The molecule has 0 spiro atoms. The monoisotopic (exact) mass is 229 g/mol. The molecule has 1 amide bonds. The number of allylic oxidation sites excluding steroid dienone is 1. The number of rotatable bonds is 6. The van der Waals surface area contributed by atoms with Crippen LogP contribution in [0.15, 0.2) is 49.1 Å². The second-order valence-corrected chi connectivity index (χ2v) is 4.02. The molecule has 0 saturated carbocycles. The van der Waals surface area contributed by atoms with Gasteiger partial charge in [-0.05, 0) is 31.4 Å². The van der Waals surface area contributed by atoms with Gasteiger partial charge < -0.3 is 5.32 Å². The Kier molecular flexibility index (Phi) is 5.80. The summed E-state index contributed by atoms with van der Waals surface area (Å²) >= 11 is 0. The largest absolute Gasteiger partial charge is 0.350 e. The average molecular weight is 229 g/mol. The average Bonchev–Trinajstić information content (AvgIpc) is 2.35. The van der Waals surface area contributed by atoms with Crippen LogP contribution in [0.4, 0.5) is 0 Å². The zero-order chi connectivity index (χ0) is 12.5. The number of nitrogens with one attached hydrogen (secondary N) is 1. The fraction of sp³-hybridized carbons (Fsp3) is 0.267. The van der Waals surface area contributed by atoms with Crippen LogP contribution in [-0.4, -0.2) is 11.9 Å². The van der Waals surface area contributed by atoms with Crippen molar-refractivity contribution in [2.45, 2.75) is 25.8 Å². The van der Waals surface area contributed by atoms with Crippen LogP contribution in [0.25, 0.3) is 6.08 Å². The second-order valence-electron chi connectivity index (χ2n) is 4.02. The molecule has 1 aromatic rings. The van der Waals surface area contributed by atoms with Gasteiger partial charge in [0.05, 0.1) is 0 Å². The molecule has 1 N–H and O–H groups in total. The highest BCUT2D eigenvalue weighted by molar-refractivity contribution is 5.91. The van der Waals surface area contributed by atoms with E-state index in [1.54, 1.807) is 6.08 Å². The van der Waals surface area contributed by atoms with E-state index in [0.717, 1.165) is 18.4 Å². The van der Waals surface area contributed by atoms with Crippen LogP contribution in [0.1, 0.15) is 25.3 Å². The Morgan fingerprint density at radius 2 is 2.12 bits per heavy atom. The first kappa shape index (κ1) is 13.2. The van der Waals surface area contributed by atoms with Crippen molar-refractivity contribution in [3.63, 3.8) is 0 Å². The standard InChI is InChI=1S/C15H19NO/c1-3-4-8-13(2)16-15(17)12-11-14-9-6-5-7-10-14/h3,5-7,9-13H,1,4,8H2,2H3,(H,16,17)/b12-11+. The molecule has 0 aliphatic carbocycles. The number of amides is 1. The first-order valence-corrected chi connectivity index (χ1v) is 5.87. The summed E-state index contributed by atoms with van der Waals surface area (Å²) in [6, 6.07) is 9.96. The van der Waals surface area contributed by atoms with Crippen LogP contribution in [-0.2, 0) is 4.79 Å². The second kappa shape index (κ2) is 7.44. The van der Waals surface area contributed by atoms with E-state index in [4.69, 9.17) is 0 Å². The van der Waals surface area contributed by atoms with E-state index in [2.05, 4.69) is 11.9 Å². The SMILES string of the molecule is C=CCCC(C)NC(=O)/C=C/c1ccccc1. The van der Waals surface area contributed by atoms with Gasteiger partial charge in [-0.1, -0.05) is 36.4 Å². The Labute approximate surface area is 103 Å². The lowest BCUT2D eigenvalue weighted by molar-refractivity contribution is -0.117. The Bertz CT molecular complexity index is 381. The Balaban J connectivity index is 2.39. The fourth-order valence-corrected chi connectivity index (χ4v) is 1.47. The maximum atomic E-state index is 11.6. The van der Waals surface area contributed by atoms with Gasteiger partial charge in [0.25, 0.3) is 0 Å². The number of benzene rings is 1. The van der Waals surface area contributed by atoms with Crippen molar-refractivity contribution in [3.05, 3.63) is 54.6 Å². The van der Waals surface area contributed by atoms with E-state index in [-0.39, 0.29) is 11.9 Å². The summed E-state index contributed by atoms with van der Waals surface area (Å²) in [5.41, 5.74) is 1.03. The summed E-state index contributed by atoms with van der Waals surface area (Å²) in [6.07, 6.45) is 7.09. The molecule has 17 heavy (non-hydrogen) atoms. The van der Waals surface area contributed by atoms with Gasteiger partial charge in [-0.3, -0.25) is 4.79 Å². The molecular weight excluding hydrogens is 210 g/mol. The van der Waals surface area contributed by atoms with Crippen molar-refractivity contribution in [1.82, 2.24) is 5.32 Å². The first-order valence-electron chi connectivity index (χ1n) is 5.87. The highest BCUT2D eigenvalue weighted by Gasteiger charge is 2.02. The van der Waals surface area contributed by atoms with Gasteiger partial charge in [0, 0.05) is 12.1 Å². The normalized spacial score (nSPS) is 12.3. The molecular formula is C15H19NO. The minimum atomic E-state index is -0.0505. The molecule has 0 radical (unpaired) electrons. The van der Waals surface area contributed by atoms with Crippen LogP contribution < -0.4 is 5.32 Å². The van der Waals surface area contributed by atoms with Gasteiger partial charge in [-0.25, -0.2) is 0 Å². The Hall–Kier alpha value is -1.83. The van der Waals surface area contributed by atoms with Gasteiger partial charge in [-0.15, -0.1) is 6.58 Å². The van der Waals surface area contributed by atoms with Crippen molar-refractivity contribution in [2.24, 2.45) is 0 Å². The quantitative estimate of drug-likeness (QED) is 0.589. The number of carbonyl (C=O) groups is 1. The van der Waals surface area contributed by atoms with E-state index in [1.165, 1.54) is 0 Å². The minimum absolute atomic E-state index is 0.0505. The van der Waals surface area contributed by atoms with Gasteiger partial charge in [0.1, 0.15) is 0 Å². The highest BCUT2D eigenvalue weighted by atomic mass is 16.1. The number of carbonyl (C=O) groups excluding carboxylic acids is 1. The van der Waals surface area contributed by atoms with Crippen LogP contribution in [0.5, 0.6) is 0 Å². The molecule has 0 heterocycles. The van der Waals surface area contributed by atoms with Gasteiger partial charge in [0.2, 0.25) is 5.91 Å². The van der Waals surface area contributed by atoms with Gasteiger partial charge in [-0.2, -0.15) is 0 Å². The molecule has 2 nitrogen and oxygen atoms in total. The summed E-state index contributed by atoms with van der Waals surface area (Å²) in [5, 5.41) is 2.91. The third-order valence-corrected chi connectivity index (χ3v) is 2.42. The summed E-state index contributed by atoms with van der Waals surface area (Å²) in [4.78, 5) is 11.6. The predicted molar refractivity (Wildman–Crippen MR) is 72.5 cm³/mol. The third-order valence-electron chi connectivity index (χ3n) is 2.42. The van der Waals surface area contributed by atoms with Crippen molar-refractivity contribution in [2.75, 3.05) is 0 Å². The molecule has 1 unspecified atom stereocenters. The van der Waals surface area contributed by atoms with Crippen molar-refractivity contribution in [3.8, 4) is 0 Å². The summed E-state index contributed by atoms with van der Waals surface area (Å²) < 4.78 is 0. The summed E-state index contributed by atoms with van der Waals surface area (Å²) in [7, 11) is 0. The Morgan fingerprint density at radius 1 is 1.41 bits per heavy atom. The van der Waals surface area contributed by atoms with E-state index in [1.807, 2.05) is 49.4 Å². The minimum Gasteiger partial charge on any atom is -0.350 e. The lowest BCUT2D eigenvalue weighted by Gasteiger charge is -2.10. The third kappa shape index (κ3) is 5.71. The van der Waals surface area contributed by atoms with Gasteiger partial charge >= 0.3 is 0 Å². The van der Waals surface area contributed by atoms with Crippen LogP contribution in [0.3, 0.4) is 0 Å². The van der Waals surface area contributed by atoms with Crippen LogP contribution in [0, 0.1) is 0 Å². The van der Waals surface area contributed by atoms with Crippen molar-refractivity contribution in [1.29, 1.82) is 0 Å². The predicted octanol–water partition coefficient (Wildman–Crippen LogP) is 3.17. The molecule has 0 saturated heterocycles. The Morgan fingerprint density at radius 3 is 2.76 bits per heavy atom. The zero-order valence-corrected chi connectivity index (χ0v) is 10.2. The van der Waals surface area contributed by atoms with E-state index >= 15 is 0 Å². The molecule has 1 atom stereocenters. The topological polar surface area (TPSA) is 29.1 Å². The molecule has 0 bridgehead atoms. The summed E-state index contributed by atoms with van der Waals surface area (Å²) in [6.45, 7) is 5.66. The maximum Gasteiger partial charge on any atom is 0.244 e. The molecule has 2 heteroatoms. The smallest absolute Gasteiger partial charge is 0.244 e. The zero-order valence-electron chi connectivity index (χ0n) is 10.2. The molecule has 1 rings (SSSR count). The lowest BCUT2D eigenvalue weighted by atomic mass is 10.2. The number of hydrogen-bond acceptors (Lipinski definition) is 1. The van der Waals surface area contributed by atoms with E-state index < -0.39 is 0 Å². The molecule has 0 aromatic heterocycles. The maximum absolute atomic E-state index is 11.6. The molecule has 1 aromatic carbocycles. The molecule has 90 valence electrons. The first-order chi connectivity index (χ1) is 8.22.